The van der Waals surface area contributed by atoms with Gasteiger partial charge in [-0.25, -0.2) is 0 Å². The second kappa shape index (κ2) is 10.0. The topological polar surface area (TPSA) is 59.6 Å². The number of methoxy groups -OCH3 is 1. The van der Waals surface area contributed by atoms with Crippen LogP contribution in [0.2, 0.25) is 0 Å². The van der Waals surface area contributed by atoms with E-state index in [0.717, 1.165) is 28.4 Å². The molecule has 3 rings (SSSR count). The van der Waals surface area contributed by atoms with E-state index in [0.29, 0.717) is 19.6 Å². The van der Waals surface area contributed by atoms with Gasteiger partial charge < -0.3 is 20.1 Å². The number of carbonyl (C=O) groups excluding carboxylic acids is 1. The number of nitrogens with one attached hydrogen (secondary N) is 2. The molecule has 5 heteroatoms. The molecule has 0 fully saturated rings. The number of anilines is 2. The van der Waals surface area contributed by atoms with Gasteiger partial charge in [-0.3, -0.25) is 4.79 Å². The molecule has 0 aromatic heterocycles. The number of para-hydroxylation sites is 2. The molecular weight excluding hydrogens is 352 g/mol. The maximum atomic E-state index is 12.0. The van der Waals surface area contributed by atoms with E-state index in [2.05, 4.69) is 10.6 Å². The van der Waals surface area contributed by atoms with Gasteiger partial charge in [-0.1, -0.05) is 36.4 Å². The minimum absolute atomic E-state index is 0.0781. The Morgan fingerprint density at radius 3 is 2.29 bits per heavy atom. The van der Waals surface area contributed by atoms with Crippen LogP contribution in [0.5, 0.6) is 11.5 Å². The Hall–Kier alpha value is -3.47. The molecule has 144 valence electrons. The van der Waals surface area contributed by atoms with Crippen molar-refractivity contribution in [2.45, 2.75) is 13.0 Å². The van der Waals surface area contributed by atoms with Crippen LogP contribution in [0, 0.1) is 0 Å². The summed E-state index contributed by atoms with van der Waals surface area (Å²) >= 11 is 0. The van der Waals surface area contributed by atoms with Crippen molar-refractivity contribution >= 4 is 17.3 Å². The van der Waals surface area contributed by atoms with Gasteiger partial charge in [0.2, 0.25) is 5.91 Å². The molecule has 0 saturated heterocycles. The lowest BCUT2D eigenvalue weighted by Crippen LogP contribution is -2.15. The summed E-state index contributed by atoms with van der Waals surface area (Å²) in [4.78, 5) is 12.0. The monoisotopic (exact) mass is 376 g/mol. The van der Waals surface area contributed by atoms with Crippen LogP contribution in [0.25, 0.3) is 0 Å². The number of carbonyl (C=O) groups is 1. The zero-order chi connectivity index (χ0) is 19.6. The Morgan fingerprint density at radius 2 is 1.54 bits per heavy atom. The van der Waals surface area contributed by atoms with Crippen molar-refractivity contribution in [2.75, 3.05) is 24.4 Å². The fourth-order valence-electron chi connectivity index (χ4n) is 2.72. The molecule has 0 saturated carbocycles. The minimum Gasteiger partial charge on any atom is -0.496 e. The fraction of sp³-hybridized carbons (Fsp3) is 0.174. The molecule has 0 aliphatic carbocycles. The summed E-state index contributed by atoms with van der Waals surface area (Å²) in [6.07, 6.45) is 0.294. The molecule has 0 heterocycles. The smallest absolute Gasteiger partial charge is 0.227 e. The first-order valence-electron chi connectivity index (χ1n) is 9.18. The molecule has 3 aromatic rings. The first-order chi connectivity index (χ1) is 13.7. The van der Waals surface area contributed by atoms with E-state index >= 15 is 0 Å². The van der Waals surface area contributed by atoms with E-state index in [-0.39, 0.29) is 5.91 Å². The molecule has 0 bridgehead atoms. The average Bonchev–Trinajstić information content (AvgIpc) is 2.74. The Morgan fingerprint density at radius 1 is 0.857 bits per heavy atom. The second-order valence-corrected chi connectivity index (χ2v) is 6.20. The Kier molecular flexibility index (Phi) is 6.90. The summed E-state index contributed by atoms with van der Waals surface area (Å²) in [5.41, 5.74) is 2.81. The van der Waals surface area contributed by atoms with Crippen LogP contribution < -0.4 is 20.1 Å². The maximum absolute atomic E-state index is 12.0. The maximum Gasteiger partial charge on any atom is 0.227 e. The largest absolute Gasteiger partial charge is 0.496 e. The van der Waals surface area contributed by atoms with Crippen molar-refractivity contribution in [1.29, 1.82) is 0 Å². The van der Waals surface area contributed by atoms with Crippen molar-refractivity contribution in [3.05, 3.63) is 84.4 Å². The van der Waals surface area contributed by atoms with Gasteiger partial charge in [-0.15, -0.1) is 0 Å². The third-order valence-corrected chi connectivity index (χ3v) is 4.19. The molecule has 0 radical (unpaired) electrons. The molecular formula is C23H24N2O3. The van der Waals surface area contributed by atoms with Crippen LogP contribution in [0.4, 0.5) is 11.4 Å². The normalized spacial score (nSPS) is 10.2. The van der Waals surface area contributed by atoms with E-state index in [9.17, 15) is 4.79 Å². The van der Waals surface area contributed by atoms with Gasteiger partial charge in [0.15, 0.2) is 0 Å². The Labute approximate surface area is 165 Å². The van der Waals surface area contributed by atoms with Crippen molar-refractivity contribution < 1.29 is 14.3 Å². The minimum atomic E-state index is -0.0781. The molecule has 0 unspecified atom stereocenters. The van der Waals surface area contributed by atoms with Gasteiger partial charge in [-0.2, -0.15) is 0 Å². The predicted octanol–water partition coefficient (Wildman–Crippen LogP) is 4.71. The standard InChI is InChI=1S/C23H24N2O3/c1-27-22-10-6-5-7-18(22)17-24-19-11-13-20(14-12-19)25-23(26)15-16-28-21-8-3-2-4-9-21/h2-14,24H,15-17H2,1H3,(H,25,26). The van der Waals surface area contributed by atoms with Crippen molar-refractivity contribution in [3.63, 3.8) is 0 Å². The predicted molar refractivity (Wildman–Crippen MR) is 112 cm³/mol. The van der Waals surface area contributed by atoms with Gasteiger partial charge in [0.05, 0.1) is 20.1 Å². The number of hydrogen-bond acceptors (Lipinski definition) is 4. The molecule has 28 heavy (non-hydrogen) atoms. The lowest BCUT2D eigenvalue weighted by Gasteiger charge is -2.11. The van der Waals surface area contributed by atoms with Crippen LogP contribution in [0.1, 0.15) is 12.0 Å². The molecule has 5 nitrogen and oxygen atoms in total. The summed E-state index contributed by atoms with van der Waals surface area (Å²) < 4.78 is 10.9. The highest BCUT2D eigenvalue weighted by Crippen LogP contribution is 2.20. The SMILES string of the molecule is COc1ccccc1CNc1ccc(NC(=O)CCOc2ccccc2)cc1. The lowest BCUT2D eigenvalue weighted by molar-refractivity contribution is -0.116. The zero-order valence-electron chi connectivity index (χ0n) is 15.9. The van der Waals surface area contributed by atoms with Gasteiger partial charge >= 0.3 is 0 Å². The molecule has 0 spiro atoms. The summed E-state index contributed by atoms with van der Waals surface area (Å²) in [5.74, 6) is 1.54. The number of amides is 1. The third-order valence-electron chi connectivity index (χ3n) is 4.19. The summed E-state index contributed by atoms with van der Waals surface area (Å²) in [5, 5.41) is 6.24. The molecule has 3 aromatic carbocycles. The molecule has 0 atom stereocenters. The number of rotatable bonds is 9. The van der Waals surface area contributed by atoms with E-state index < -0.39 is 0 Å². The number of ether oxygens (including phenoxy) is 2. The van der Waals surface area contributed by atoms with E-state index in [1.807, 2.05) is 78.9 Å². The fourth-order valence-corrected chi connectivity index (χ4v) is 2.72. The average molecular weight is 376 g/mol. The second-order valence-electron chi connectivity index (χ2n) is 6.20. The highest BCUT2D eigenvalue weighted by molar-refractivity contribution is 5.90. The first kappa shape index (κ1) is 19.3. The van der Waals surface area contributed by atoms with E-state index in [1.54, 1.807) is 7.11 Å². The highest BCUT2D eigenvalue weighted by atomic mass is 16.5. The van der Waals surface area contributed by atoms with Crippen LogP contribution in [-0.2, 0) is 11.3 Å². The van der Waals surface area contributed by atoms with E-state index in [4.69, 9.17) is 9.47 Å². The van der Waals surface area contributed by atoms with Crippen molar-refractivity contribution in [3.8, 4) is 11.5 Å². The number of benzene rings is 3. The molecule has 2 N–H and O–H groups in total. The Bertz CT molecular complexity index is 880. The lowest BCUT2D eigenvalue weighted by atomic mass is 10.2. The Balaban J connectivity index is 1.44. The third kappa shape index (κ3) is 5.77. The zero-order valence-corrected chi connectivity index (χ0v) is 15.9. The van der Waals surface area contributed by atoms with E-state index in [1.165, 1.54) is 0 Å². The van der Waals surface area contributed by atoms with Gasteiger partial charge in [-0.05, 0) is 42.5 Å². The van der Waals surface area contributed by atoms with Gasteiger partial charge in [0.1, 0.15) is 11.5 Å². The van der Waals surface area contributed by atoms with Crippen LogP contribution in [0.3, 0.4) is 0 Å². The van der Waals surface area contributed by atoms with Gasteiger partial charge in [0.25, 0.3) is 0 Å². The summed E-state index contributed by atoms with van der Waals surface area (Å²) in [6.45, 7) is 1.00. The van der Waals surface area contributed by atoms with Crippen LogP contribution in [0.15, 0.2) is 78.9 Å². The quantitative estimate of drug-likeness (QED) is 0.568. The summed E-state index contributed by atoms with van der Waals surface area (Å²) in [6, 6.07) is 25.0. The first-order valence-corrected chi connectivity index (χ1v) is 9.18. The molecule has 0 aliphatic rings. The molecule has 0 aliphatic heterocycles. The van der Waals surface area contributed by atoms with Crippen LogP contribution in [-0.4, -0.2) is 19.6 Å². The van der Waals surface area contributed by atoms with Crippen molar-refractivity contribution in [2.24, 2.45) is 0 Å². The number of hydrogen-bond donors (Lipinski definition) is 2. The highest BCUT2D eigenvalue weighted by Gasteiger charge is 2.04. The summed E-state index contributed by atoms with van der Waals surface area (Å²) in [7, 11) is 1.67. The van der Waals surface area contributed by atoms with Gasteiger partial charge in [0, 0.05) is 23.5 Å². The molecule has 1 amide bonds. The van der Waals surface area contributed by atoms with Crippen LogP contribution >= 0.6 is 0 Å². The van der Waals surface area contributed by atoms with Crippen molar-refractivity contribution in [1.82, 2.24) is 0 Å².